The number of carbonyl (C=O) groups is 3. The van der Waals surface area contributed by atoms with Gasteiger partial charge >= 0.3 is 18.2 Å². The summed E-state index contributed by atoms with van der Waals surface area (Å²) in [6, 6.07) is 16.5. The van der Waals surface area contributed by atoms with Crippen LogP contribution in [0.4, 0.5) is 9.59 Å². The van der Waals surface area contributed by atoms with Gasteiger partial charge in [-0.3, -0.25) is 4.79 Å². The highest BCUT2D eigenvalue weighted by Gasteiger charge is 2.44. The third-order valence-electron chi connectivity index (χ3n) is 8.48. The lowest BCUT2D eigenvalue weighted by Crippen LogP contribution is -2.49. The van der Waals surface area contributed by atoms with Gasteiger partial charge in [-0.25, -0.2) is 9.59 Å². The first kappa shape index (κ1) is 28.0. The van der Waals surface area contributed by atoms with Crippen molar-refractivity contribution in [2.24, 2.45) is 5.92 Å². The zero-order chi connectivity index (χ0) is 28.4. The molecule has 1 aliphatic heterocycles. The molecule has 2 aromatic rings. The fourth-order valence-electron chi connectivity index (χ4n) is 6.75. The summed E-state index contributed by atoms with van der Waals surface area (Å²) in [7, 11) is 0. The van der Waals surface area contributed by atoms with Crippen molar-refractivity contribution < 1.29 is 29.0 Å². The van der Waals surface area contributed by atoms with Gasteiger partial charge in [0, 0.05) is 37.5 Å². The van der Waals surface area contributed by atoms with Gasteiger partial charge in [0.25, 0.3) is 0 Å². The van der Waals surface area contributed by atoms with Crippen LogP contribution in [0.1, 0.15) is 76.3 Å². The number of hydrogen-bond acceptors (Lipinski definition) is 5. The maximum atomic E-state index is 13.6. The van der Waals surface area contributed by atoms with Crippen LogP contribution in [0.15, 0.2) is 48.5 Å². The van der Waals surface area contributed by atoms with Crippen LogP contribution >= 0.6 is 0 Å². The van der Waals surface area contributed by atoms with E-state index in [0.717, 1.165) is 36.8 Å². The van der Waals surface area contributed by atoms with Crippen LogP contribution in [-0.4, -0.2) is 70.4 Å². The third kappa shape index (κ3) is 5.96. The average molecular weight is 549 g/mol. The molecule has 2 aliphatic carbocycles. The highest BCUT2D eigenvalue weighted by molar-refractivity contribution is 5.79. The molecule has 1 heterocycles. The molecule has 8 heteroatoms. The van der Waals surface area contributed by atoms with Crippen molar-refractivity contribution in [3.05, 3.63) is 59.7 Å². The molecule has 1 N–H and O–H groups in total. The minimum Gasteiger partial charge on any atom is -0.481 e. The predicted molar refractivity (Wildman–Crippen MR) is 151 cm³/mol. The van der Waals surface area contributed by atoms with E-state index in [4.69, 9.17) is 9.47 Å². The van der Waals surface area contributed by atoms with Crippen molar-refractivity contribution in [3.8, 4) is 11.1 Å². The summed E-state index contributed by atoms with van der Waals surface area (Å²) in [5.74, 6) is -0.639. The lowest BCUT2D eigenvalue weighted by molar-refractivity contribution is -0.137. The molecule has 214 valence electrons. The molecule has 3 aliphatic rings. The van der Waals surface area contributed by atoms with Crippen molar-refractivity contribution >= 4 is 18.2 Å². The Morgan fingerprint density at radius 1 is 0.975 bits per heavy atom. The molecule has 1 saturated heterocycles. The Hall–Kier alpha value is -3.55. The van der Waals surface area contributed by atoms with Crippen molar-refractivity contribution in [2.45, 2.75) is 82.9 Å². The van der Waals surface area contributed by atoms with Crippen LogP contribution in [0.2, 0.25) is 0 Å². The molecule has 5 rings (SSSR count). The minimum atomic E-state index is -0.875. The lowest BCUT2D eigenvalue weighted by atomic mass is 9.81. The van der Waals surface area contributed by atoms with Crippen LogP contribution in [0.25, 0.3) is 11.1 Å². The molecule has 0 aromatic heterocycles. The van der Waals surface area contributed by atoms with Gasteiger partial charge in [-0.05, 0) is 81.0 Å². The zero-order valence-electron chi connectivity index (χ0n) is 23.7. The number of benzene rings is 2. The van der Waals surface area contributed by atoms with E-state index in [1.54, 1.807) is 4.90 Å². The number of aliphatic carboxylic acids is 1. The van der Waals surface area contributed by atoms with Crippen molar-refractivity contribution in [3.63, 3.8) is 0 Å². The zero-order valence-corrected chi connectivity index (χ0v) is 23.7. The number of nitrogens with zero attached hydrogens (tertiary/aromatic N) is 2. The largest absolute Gasteiger partial charge is 0.481 e. The SMILES string of the molecule is CC(C)(C)OC(=O)N1CC[C@@H]2CC(N(CCCC(=O)O)C(=O)OCC3c4ccccc4-c4ccccc43)CC[C@@H]21. The fourth-order valence-corrected chi connectivity index (χ4v) is 6.75. The molecule has 1 saturated carbocycles. The van der Waals surface area contributed by atoms with Gasteiger partial charge in [0.05, 0.1) is 0 Å². The van der Waals surface area contributed by atoms with E-state index < -0.39 is 17.7 Å². The molecule has 0 spiro atoms. The lowest BCUT2D eigenvalue weighted by Gasteiger charge is -2.40. The van der Waals surface area contributed by atoms with Gasteiger partial charge in [-0.2, -0.15) is 0 Å². The number of carboxylic acids is 1. The fraction of sp³-hybridized carbons (Fsp3) is 0.531. The second-order valence-corrected chi connectivity index (χ2v) is 12.3. The molecule has 2 aromatic carbocycles. The molecule has 40 heavy (non-hydrogen) atoms. The number of carboxylic acid groups (broad SMARTS) is 1. The van der Waals surface area contributed by atoms with Crippen molar-refractivity contribution in [2.75, 3.05) is 19.7 Å². The van der Waals surface area contributed by atoms with Gasteiger partial charge in [0.2, 0.25) is 0 Å². The van der Waals surface area contributed by atoms with Gasteiger partial charge in [-0.15, -0.1) is 0 Å². The van der Waals surface area contributed by atoms with E-state index in [-0.39, 0.29) is 43.0 Å². The van der Waals surface area contributed by atoms with Crippen LogP contribution < -0.4 is 0 Å². The first-order valence-electron chi connectivity index (χ1n) is 14.5. The Bertz CT molecular complexity index is 1210. The molecule has 2 fully saturated rings. The summed E-state index contributed by atoms with van der Waals surface area (Å²) >= 11 is 0. The summed E-state index contributed by atoms with van der Waals surface area (Å²) in [4.78, 5) is 41.2. The quantitative estimate of drug-likeness (QED) is 0.437. The Kier molecular flexibility index (Phi) is 8.06. The summed E-state index contributed by atoms with van der Waals surface area (Å²) < 4.78 is 11.6. The Morgan fingerprint density at radius 2 is 1.62 bits per heavy atom. The first-order valence-corrected chi connectivity index (χ1v) is 14.5. The monoisotopic (exact) mass is 548 g/mol. The van der Waals surface area contributed by atoms with Crippen LogP contribution in [0.3, 0.4) is 0 Å². The van der Waals surface area contributed by atoms with Crippen molar-refractivity contribution in [1.29, 1.82) is 0 Å². The molecule has 1 unspecified atom stereocenters. The summed E-state index contributed by atoms with van der Waals surface area (Å²) in [6.07, 6.45) is 2.85. The number of fused-ring (bicyclic) bond motifs is 4. The third-order valence-corrected chi connectivity index (χ3v) is 8.48. The van der Waals surface area contributed by atoms with Crippen LogP contribution in [0.5, 0.6) is 0 Å². The number of carbonyl (C=O) groups excluding carboxylic acids is 2. The highest BCUT2D eigenvalue weighted by atomic mass is 16.6. The second-order valence-electron chi connectivity index (χ2n) is 12.3. The van der Waals surface area contributed by atoms with E-state index in [1.807, 2.05) is 49.9 Å². The molecule has 3 atom stereocenters. The Morgan fingerprint density at radius 3 is 2.25 bits per heavy atom. The summed E-state index contributed by atoms with van der Waals surface area (Å²) in [5.41, 5.74) is 4.11. The summed E-state index contributed by atoms with van der Waals surface area (Å²) in [5, 5.41) is 9.21. The number of likely N-dealkylation sites (tertiary alicyclic amines) is 1. The van der Waals surface area contributed by atoms with E-state index in [2.05, 4.69) is 24.3 Å². The van der Waals surface area contributed by atoms with E-state index in [1.165, 1.54) is 11.1 Å². The number of rotatable bonds is 7. The average Bonchev–Trinajstić information content (AvgIpc) is 3.48. The smallest absolute Gasteiger partial charge is 0.410 e. The highest BCUT2D eigenvalue weighted by Crippen LogP contribution is 2.45. The molecule has 8 nitrogen and oxygen atoms in total. The Balaban J connectivity index is 1.26. The minimum absolute atomic E-state index is 0.00164. The van der Waals surface area contributed by atoms with E-state index in [0.29, 0.717) is 19.5 Å². The van der Waals surface area contributed by atoms with E-state index in [9.17, 15) is 19.5 Å². The van der Waals surface area contributed by atoms with E-state index >= 15 is 0 Å². The van der Waals surface area contributed by atoms with Crippen molar-refractivity contribution in [1.82, 2.24) is 9.80 Å². The topological polar surface area (TPSA) is 96.4 Å². The van der Waals surface area contributed by atoms with Crippen LogP contribution in [0, 0.1) is 5.92 Å². The van der Waals surface area contributed by atoms with Gasteiger partial charge in [-0.1, -0.05) is 48.5 Å². The number of hydrogen-bond donors (Lipinski definition) is 1. The second kappa shape index (κ2) is 11.5. The standard InChI is InChI=1S/C32H40N2O6/c1-32(2,3)40-31(38)34-18-16-21-19-22(14-15-28(21)34)33(17-8-13-29(35)36)30(37)39-20-27-25-11-6-4-9-23(25)24-10-5-7-12-26(24)27/h4-7,9-12,21-22,27-28H,8,13-20H2,1-3H3,(H,35,36)/t21-,22?,28+/m1/s1. The van der Waals surface area contributed by atoms with Gasteiger partial charge in [0.15, 0.2) is 0 Å². The molecule has 0 radical (unpaired) electrons. The van der Waals surface area contributed by atoms with Gasteiger partial charge < -0.3 is 24.4 Å². The maximum Gasteiger partial charge on any atom is 0.410 e. The number of ether oxygens (including phenoxy) is 2. The summed E-state index contributed by atoms with van der Waals surface area (Å²) in [6.45, 7) is 6.84. The normalized spacial score (nSPS) is 21.8. The molecular formula is C32H40N2O6. The number of amides is 2. The maximum absolute atomic E-state index is 13.6. The molecule has 2 amide bonds. The predicted octanol–water partition coefficient (Wildman–Crippen LogP) is 6.28. The molecule has 0 bridgehead atoms. The first-order chi connectivity index (χ1) is 19.1. The Labute approximate surface area is 236 Å². The molecular weight excluding hydrogens is 508 g/mol. The van der Waals surface area contributed by atoms with Crippen LogP contribution in [-0.2, 0) is 14.3 Å². The van der Waals surface area contributed by atoms with Gasteiger partial charge in [0.1, 0.15) is 12.2 Å².